The summed E-state index contributed by atoms with van der Waals surface area (Å²) < 4.78 is 0. The van der Waals surface area contributed by atoms with Crippen LogP contribution in [-0.4, -0.2) is 35.3 Å². The number of pyridine rings is 1. The van der Waals surface area contributed by atoms with Crippen molar-refractivity contribution in [3.05, 3.63) is 66.0 Å². The molecule has 0 radical (unpaired) electrons. The SMILES string of the molecule is CN(Cc1ccccn1)C(=O)[C@]1(c2ccccc2)CCC(=O)NC1. The number of piperidine rings is 1. The van der Waals surface area contributed by atoms with Crippen molar-refractivity contribution in [3.8, 4) is 0 Å². The van der Waals surface area contributed by atoms with E-state index in [2.05, 4.69) is 10.3 Å². The molecule has 2 aromatic rings. The van der Waals surface area contributed by atoms with Gasteiger partial charge in [-0.2, -0.15) is 0 Å². The van der Waals surface area contributed by atoms with Gasteiger partial charge < -0.3 is 10.2 Å². The van der Waals surface area contributed by atoms with Crippen molar-refractivity contribution in [2.24, 2.45) is 0 Å². The quantitative estimate of drug-likeness (QED) is 0.934. The average Bonchev–Trinajstić information content (AvgIpc) is 2.63. The molecule has 0 spiro atoms. The maximum Gasteiger partial charge on any atom is 0.235 e. The summed E-state index contributed by atoms with van der Waals surface area (Å²) in [5, 5.41) is 2.87. The van der Waals surface area contributed by atoms with Gasteiger partial charge in [-0.05, 0) is 24.1 Å². The van der Waals surface area contributed by atoms with E-state index in [-0.39, 0.29) is 11.8 Å². The fourth-order valence-corrected chi connectivity index (χ4v) is 3.23. The first-order chi connectivity index (χ1) is 11.6. The summed E-state index contributed by atoms with van der Waals surface area (Å²) in [5.41, 5.74) is 1.08. The Hall–Kier alpha value is -2.69. The molecule has 0 aliphatic carbocycles. The van der Waals surface area contributed by atoms with Crippen LogP contribution in [0.4, 0.5) is 0 Å². The van der Waals surface area contributed by atoms with Crippen LogP contribution in [0.2, 0.25) is 0 Å². The van der Waals surface area contributed by atoms with E-state index in [0.29, 0.717) is 25.9 Å². The summed E-state index contributed by atoms with van der Waals surface area (Å²) in [7, 11) is 1.79. The van der Waals surface area contributed by atoms with Crippen LogP contribution in [0, 0.1) is 0 Å². The van der Waals surface area contributed by atoms with Gasteiger partial charge >= 0.3 is 0 Å². The lowest BCUT2D eigenvalue weighted by molar-refractivity contribution is -0.139. The molecule has 2 amide bonds. The molecular formula is C19H21N3O2. The van der Waals surface area contributed by atoms with Gasteiger partial charge in [-0.15, -0.1) is 0 Å². The Balaban J connectivity index is 1.88. The molecule has 1 aromatic heterocycles. The fraction of sp³-hybridized carbons (Fsp3) is 0.316. The van der Waals surface area contributed by atoms with Crippen LogP contribution in [0.15, 0.2) is 54.7 Å². The van der Waals surface area contributed by atoms with Crippen molar-refractivity contribution in [1.29, 1.82) is 0 Å². The van der Waals surface area contributed by atoms with E-state index in [1.54, 1.807) is 18.1 Å². The maximum atomic E-state index is 13.3. The molecule has 1 N–H and O–H groups in total. The lowest BCUT2D eigenvalue weighted by Gasteiger charge is -2.39. The van der Waals surface area contributed by atoms with Crippen LogP contribution < -0.4 is 5.32 Å². The van der Waals surface area contributed by atoms with Crippen molar-refractivity contribution < 1.29 is 9.59 Å². The number of carbonyl (C=O) groups excluding carboxylic acids is 2. The van der Waals surface area contributed by atoms with Crippen LogP contribution in [0.3, 0.4) is 0 Å². The second-order valence-electron chi connectivity index (χ2n) is 6.21. The third-order valence-corrected chi connectivity index (χ3v) is 4.57. The first kappa shape index (κ1) is 16.2. The fourth-order valence-electron chi connectivity index (χ4n) is 3.23. The number of amides is 2. The van der Waals surface area contributed by atoms with Gasteiger partial charge in [0, 0.05) is 26.2 Å². The molecule has 1 atom stereocenters. The van der Waals surface area contributed by atoms with Crippen LogP contribution in [0.25, 0.3) is 0 Å². The summed E-state index contributed by atoms with van der Waals surface area (Å²) >= 11 is 0. The first-order valence-corrected chi connectivity index (χ1v) is 8.09. The van der Waals surface area contributed by atoms with Gasteiger partial charge in [-0.1, -0.05) is 36.4 Å². The van der Waals surface area contributed by atoms with E-state index in [0.717, 1.165) is 11.3 Å². The van der Waals surface area contributed by atoms with E-state index < -0.39 is 5.41 Å². The van der Waals surface area contributed by atoms with Crippen LogP contribution in [0.1, 0.15) is 24.1 Å². The summed E-state index contributed by atoms with van der Waals surface area (Å²) in [4.78, 5) is 30.9. The number of nitrogens with one attached hydrogen (secondary N) is 1. The molecule has 1 fully saturated rings. The molecule has 124 valence electrons. The molecule has 2 heterocycles. The largest absolute Gasteiger partial charge is 0.355 e. The van der Waals surface area contributed by atoms with Crippen LogP contribution >= 0.6 is 0 Å². The normalized spacial score (nSPS) is 20.3. The third kappa shape index (κ3) is 3.15. The molecule has 3 rings (SSSR count). The standard InChI is InChI=1S/C19H21N3O2/c1-22(13-16-9-5-6-12-20-16)18(24)19(11-10-17(23)21-14-19)15-7-3-2-4-8-15/h2-9,12H,10-11,13-14H2,1H3,(H,21,23)/t19-/m1/s1. The predicted octanol–water partition coefficient (Wildman–Crippen LogP) is 1.89. The molecular weight excluding hydrogens is 302 g/mol. The average molecular weight is 323 g/mol. The lowest BCUT2D eigenvalue weighted by atomic mass is 9.73. The first-order valence-electron chi connectivity index (χ1n) is 8.09. The smallest absolute Gasteiger partial charge is 0.235 e. The van der Waals surface area contributed by atoms with E-state index in [4.69, 9.17) is 0 Å². The third-order valence-electron chi connectivity index (χ3n) is 4.57. The van der Waals surface area contributed by atoms with Gasteiger partial charge in [0.05, 0.1) is 17.7 Å². The number of benzene rings is 1. The minimum absolute atomic E-state index is 0.00161. The number of aromatic nitrogens is 1. The molecule has 24 heavy (non-hydrogen) atoms. The molecule has 0 bridgehead atoms. The van der Waals surface area contributed by atoms with Gasteiger partial charge in [0.2, 0.25) is 11.8 Å². The van der Waals surface area contributed by atoms with E-state index in [1.165, 1.54) is 0 Å². The lowest BCUT2D eigenvalue weighted by Crippen LogP contribution is -2.55. The summed E-state index contributed by atoms with van der Waals surface area (Å²) in [5.74, 6) is 0.0149. The Morgan fingerprint density at radius 1 is 1.21 bits per heavy atom. The summed E-state index contributed by atoms with van der Waals surface area (Å²) in [6.07, 6.45) is 2.60. The minimum Gasteiger partial charge on any atom is -0.355 e. The Kier molecular flexibility index (Phi) is 4.60. The maximum absolute atomic E-state index is 13.3. The summed E-state index contributed by atoms with van der Waals surface area (Å²) in [6, 6.07) is 15.4. The number of likely N-dealkylation sites (N-methyl/N-ethyl adjacent to an activating group) is 1. The molecule has 1 aromatic carbocycles. The number of hydrogen-bond acceptors (Lipinski definition) is 3. The predicted molar refractivity (Wildman–Crippen MR) is 91.1 cm³/mol. The van der Waals surface area contributed by atoms with Crippen molar-refractivity contribution in [2.75, 3.05) is 13.6 Å². The summed E-state index contributed by atoms with van der Waals surface area (Å²) in [6.45, 7) is 0.781. The van der Waals surface area contributed by atoms with Gasteiger partial charge in [-0.25, -0.2) is 0 Å². The number of carbonyl (C=O) groups is 2. The molecule has 1 saturated heterocycles. The van der Waals surface area contributed by atoms with Crippen LogP contribution in [0.5, 0.6) is 0 Å². The Morgan fingerprint density at radius 2 is 1.96 bits per heavy atom. The second kappa shape index (κ2) is 6.83. The van der Waals surface area contributed by atoms with Crippen molar-refractivity contribution in [2.45, 2.75) is 24.8 Å². The number of rotatable bonds is 4. The number of nitrogens with zero attached hydrogens (tertiary/aromatic N) is 2. The molecule has 1 aliphatic rings. The highest BCUT2D eigenvalue weighted by molar-refractivity contribution is 5.91. The Labute approximate surface area is 141 Å². The molecule has 0 unspecified atom stereocenters. The van der Waals surface area contributed by atoms with Crippen molar-refractivity contribution in [3.63, 3.8) is 0 Å². The highest BCUT2D eigenvalue weighted by Crippen LogP contribution is 2.33. The molecule has 0 saturated carbocycles. The monoisotopic (exact) mass is 323 g/mol. The zero-order valence-electron chi connectivity index (χ0n) is 13.7. The Bertz CT molecular complexity index is 706. The zero-order valence-corrected chi connectivity index (χ0v) is 13.7. The number of hydrogen-bond donors (Lipinski definition) is 1. The Morgan fingerprint density at radius 3 is 2.58 bits per heavy atom. The molecule has 5 heteroatoms. The van der Waals surface area contributed by atoms with Gasteiger partial charge in [-0.3, -0.25) is 14.6 Å². The molecule has 1 aliphatic heterocycles. The van der Waals surface area contributed by atoms with E-state index in [9.17, 15) is 9.59 Å². The molecule has 5 nitrogen and oxygen atoms in total. The highest BCUT2D eigenvalue weighted by atomic mass is 16.2. The van der Waals surface area contributed by atoms with Gasteiger partial charge in [0.1, 0.15) is 0 Å². The van der Waals surface area contributed by atoms with E-state index in [1.807, 2.05) is 48.5 Å². The minimum atomic E-state index is -0.710. The zero-order chi connectivity index (χ0) is 17.0. The van der Waals surface area contributed by atoms with Gasteiger partial charge in [0.15, 0.2) is 0 Å². The van der Waals surface area contributed by atoms with Crippen LogP contribution in [-0.2, 0) is 21.5 Å². The van der Waals surface area contributed by atoms with Gasteiger partial charge in [0.25, 0.3) is 0 Å². The topological polar surface area (TPSA) is 62.3 Å². The van der Waals surface area contributed by atoms with Crippen molar-refractivity contribution in [1.82, 2.24) is 15.2 Å². The van der Waals surface area contributed by atoms with E-state index >= 15 is 0 Å². The highest BCUT2D eigenvalue weighted by Gasteiger charge is 2.44. The second-order valence-corrected chi connectivity index (χ2v) is 6.21. The van der Waals surface area contributed by atoms with Crippen molar-refractivity contribution >= 4 is 11.8 Å².